The van der Waals surface area contributed by atoms with E-state index < -0.39 is 0 Å². The van der Waals surface area contributed by atoms with E-state index in [2.05, 4.69) is 43.3 Å². The number of piperidine rings is 1. The second-order valence-corrected chi connectivity index (χ2v) is 3.89. The molecule has 0 aliphatic carbocycles. The standard InChI is InChI=1S/C12H20N2/c1-5-11-9-14(10(3)4)8-7-12(11)13-6-2/h5-6,10H,2,7-9H2,1,3-4H3/b11-5-,13-12?. The highest BCUT2D eigenvalue weighted by molar-refractivity contribution is 6.01. The molecule has 0 spiro atoms. The Morgan fingerprint density at radius 3 is 2.71 bits per heavy atom. The predicted octanol–water partition coefficient (Wildman–Crippen LogP) is 2.63. The maximum atomic E-state index is 4.32. The van der Waals surface area contributed by atoms with Crippen LogP contribution in [0.1, 0.15) is 27.2 Å². The highest BCUT2D eigenvalue weighted by Crippen LogP contribution is 2.15. The van der Waals surface area contributed by atoms with Gasteiger partial charge < -0.3 is 0 Å². The van der Waals surface area contributed by atoms with Crippen molar-refractivity contribution in [3.8, 4) is 0 Å². The Balaban J connectivity index is 2.74. The van der Waals surface area contributed by atoms with Gasteiger partial charge in [-0.15, -0.1) is 0 Å². The van der Waals surface area contributed by atoms with Crippen molar-refractivity contribution >= 4 is 5.71 Å². The molecule has 0 amide bonds. The van der Waals surface area contributed by atoms with Crippen LogP contribution in [-0.4, -0.2) is 29.7 Å². The van der Waals surface area contributed by atoms with E-state index in [1.807, 2.05) is 0 Å². The smallest absolute Gasteiger partial charge is 0.0457 e. The quantitative estimate of drug-likeness (QED) is 0.656. The third-order valence-electron chi connectivity index (χ3n) is 2.71. The fourth-order valence-corrected chi connectivity index (χ4v) is 1.76. The number of allylic oxidation sites excluding steroid dienone is 1. The average Bonchev–Trinajstić information content (AvgIpc) is 2.18. The number of hydrogen-bond acceptors (Lipinski definition) is 2. The second kappa shape index (κ2) is 5.11. The molecule has 0 saturated carbocycles. The van der Waals surface area contributed by atoms with E-state index in [4.69, 9.17) is 0 Å². The van der Waals surface area contributed by atoms with E-state index in [0.29, 0.717) is 6.04 Å². The van der Waals surface area contributed by atoms with E-state index in [9.17, 15) is 0 Å². The normalized spacial score (nSPS) is 24.9. The van der Waals surface area contributed by atoms with Crippen molar-refractivity contribution in [1.29, 1.82) is 0 Å². The highest BCUT2D eigenvalue weighted by Gasteiger charge is 2.20. The summed E-state index contributed by atoms with van der Waals surface area (Å²) >= 11 is 0. The molecule has 0 bridgehead atoms. The lowest BCUT2D eigenvalue weighted by molar-refractivity contribution is 0.242. The summed E-state index contributed by atoms with van der Waals surface area (Å²) in [5.41, 5.74) is 2.56. The molecule has 0 atom stereocenters. The van der Waals surface area contributed by atoms with Gasteiger partial charge in [-0.3, -0.25) is 9.89 Å². The minimum Gasteiger partial charge on any atom is -0.296 e. The summed E-state index contributed by atoms with van der Waals surface area (Å²) in [6.45, 7) is 12.3. The van der Waals surface area contributed by atoms with Gasteiger partial charge in [0.25, 0.3) is 0 Å². The third-order valence-corrected chi connectivity index (χ3v) is 2.71. The Morgan fingerprint density at radius 1 is 1.50 bits per heavy atom. The molecule has 78 valence electrons. The van der Waals surface area contributed by atoms with Gasteiger partial charge >= 0.3 is 0 Å². The highest BCUT2D eigenvalue weighted by atomic mass is 15.2. The van der Waals surface area contributed by atoms with Crippen LogP contribution in [0, 0.1) is 0 Å². The molecule has 0 N–H and O–H groups in total. The molecule has 2 nitrogen and oxygen atoms in total. The summed E-state index contributed by atoms with van der Waals surface area (Å²) in [5, 5.41) is 0. The SMILES string of the molecule is C=CN=C1CCN(C(C)C)C/C1=C/C. The van der Waals surface area contributed by atoms with Crippen molar-refractivity contribution in [3.05, 3.63) is 24.4 Å². The van der Waals surface area contributed by atoms with Crippen LogP contribution in [0.4, 0.5) is 0 Å². The van der Waals surface area contributed by atoms with Crippen LogP contribution < -0.4 is 0 Å². The molecule has 0 aromatic rings. The lowest BCUT2D eigenvalue weighted by Crippen LogP contribution is -2.40. The lowest BCUT2D eigenvalue weighted by Gasteiger charge is -2.32. The van der Waals surface area contributed by atoms with Crippen LogP contribution >= 0.6 is 0 Å². The molecule has 14 heavy (non-hydrogen) atoms. The molecular weight excluding hydrogens is 172 g/mol. The first-order valence-corrected chi connectivity index (χ1v) is 5.26. The number of nitrogens with zero attached hydrogens (tertiary/aromatic N) is 2. The van der Waals surface area contributed by atoms with Crippen molar-refractivity contribution in [2.24, 2.45) is 4.99 Å². The molecular formula is C12H20N2. The maximum Gasteiger partial charge on any atom is 0.0457 e. The largest absolute Gasteiger partial charge is 0.296 e. The first-order valence-electron chi connectivity index (χ1n) is 5.26. The van der Waals surface area contributed by atoms with Gasteiger partial charge in [0.05, 0.1) is 0 Å². The Kier molecular flexibility index (Phi) is 4.08. The van der Waals surface area contributed by atoms with E-state index in [-0.39, 0.29) is 0 Å². The topological polar surface area (TPSA) is 15.6 Å². The Hall–Kier alpha value is -0.890. The van der Waals surface area contributed by atoms with Crippen molar-refractivity contribution in [1.82, 2.24) is 4.90 Å². The predicted molar refractivity (Wildman–Crippen MR) is 62.7 cm³/mol. The minimum atomic E-state index is 0.621. The molecule has 0 radical (unpaired) electrons. The van der Waals surface area contributed by atoms with Gasteiger partial charge in [0.1, 0.15) is 0 Å². The fourth-order valence-electron chi connectivity index (χ4n) is 1.76. The fraction of sp³-hybridized carbons (Fsp3) is 0.583. The monoisotopic (exact) mass is 192 g/mol. The second-order valence-electron chi connectivity index (χ2n) is 3.89. The summed E-state index contributed by atoms with van der Waals surface area (Å²) in [4.78, 5) is 6.78. The van der Waals surface area contributed by atoms with E-state index in [1.54, 1.807) is 6.20 Å². The summed E-state index contributed by atoms with van der Waals surface area (Å²) < 4.78 is 0. The van der Waals surface area contributed by atoms with Crippen LogP contribution in [0.3, 0.4) is 0 Å². The van der Waals surface area contributed by atoms with Crippen LogP contribution in [0.5, 0.6) is 0 Å². The molecule has 2 heteroatoms. The molecule has 0 aromatic carbocycles. The van der Waals surface area contributed by atoms with Crippen molar-refractivity contribution in [2.75, 3.05) is 13.1 Å². The summed E-state index contributed by atoms with van der Waals surface area (Å²) in [5.74, 6) is 0. The van der Waals surface area contributed by atoms with E-state index >= 15 is 0 Å². The molecule has 1 fully saturated rings. The van der Waals surface area contributed by atoms with Crippen LogP contribution in [0.25, 0.3) is 0 Å². The summed E-state index contributed by atoms with van der Waals surface area (Å²) in [6, 6.07) is 0.621. The van der Waals surface area contributed by atoms with E-state index in [0.717, 1.165) is 19.5 Å². The summed E-state index contributed by atoms with van der Waals surface area (Å²) in [7, 11) is 0. The Labute approximate surface area is 87.0 Å². The first kappa shape index (κ1) is 11.2. The third kappa shape index (κ3) is 2.55. The lowest BCUT2D eigenvalue weighted by atomic mass is 10.0. The first-order chi connectivity index (χ1) is 6.69. The molecule has 0 aromatic heterocycles. The Bertz CT molecular complexity index is 261. The number of aliphatic imine (C=N–C) groups is 1. The molecule has 1 saturated heterocycles. The molecule has 1 rings (SSSR count). The van der Waals surface area contributed by atoms with Crippen molar-refractivity contribution in [3.63, 3.8) is 0 Å². The van der Waals surface area contributed by atoms with Gasteiger partial charge in [-0.1, -0.05) is 12.7 Å². The zero-order valence-electron chi connectivity index (χ0n) is 9.45. The molecule has 0 unspecified atom stereocenters. The van der Waals surface area contributed by atoms with Gasteiger partial charge in [0.15, 0.2) is 0 Å². The van der Waals surface area contributed by atoms with E-state index in [1.165, 1.54) is 11.3 Å². The van der Waals surface area contributed by atoms with Gasteiger partial charge in [-0.25, -0.2) is 0 Å². The van der Waals surface area contributed by atoms with Crippen LogP contribution in [-0.2, 0) is 0 Å². The molecule has 1 aliphatic rings. The van der Waals surface area contributed by atoms with Gasteiger partial charge in [-0.05, 0) is 26.3 Å². The van der Waals surface area contributed by atoms with Gasteiger partial charge in [-0.2, -0.15) is 0 Å². The Morgan fingerprint density at radius 2 is 2.21 bits per heavy atom. The zero-order valence-corrected chi connectivity index (χ0v) is 9.45. The van der Waals surface area contributed by atoms with Crippen LogP contribution in [0.15, 0.2) is 29.4 Å². The summed E-state index contributed by atoms with van der Waals surface area (Å²) in [6.07, 6.45) is 4.85. The average molecular weight is 192 g/mol. The number of rotatable bonds is 2. The van der Waals surface area contributed by atoms with Crippen molar-refractivity contribution in [2.45, 2.75) is 33.2 Å². The zero-order chi connectivity index (χ0) is 10.6. The maximum absolute atomic E-state index is 4.32. The van der Waals surface area contributed by atoms with Crippen molar-refractivity contribution < 1.29 is 0 Å². The minimum absolute atomic E-state index is 0.621. The number of likely N-dealkylation sites (tertiary alicyclic amines) is 1. The number of hydrogen-bond donors (Lipinski definition) is 0. The van der Waals surface area contributed by atoms with Gasteiger partial charge in [0, 0.05) is 37.5 Å². The van der Waals surface area contributed by atoms with Gasteiger partial charge in [0.2, 0.25) is 0 Å². The molecule has 1 heterocycles. The molecule has 1 aliphatic heterocycles. The van der Waals surface area contributed by atoms with Crippen LogP contribution in [0.2, 0.25) is 0 Å².